The Morgan fingerprint density at radius 2 is 1.33 bits per heavy atom. The Hall–Kier alpha value is -1.19. The van der Waals surface area contributed by atoms with Gasteiger partial charge in [-0.3, -0.25) is 0 Å². The zero-order valence-corrected chi connectivity index (χ0v) is 12.7. The van der Waals surface area contributed by atoms with Gasteiger partial charge in [0, 0.05) is 0 Å². The summed E-state index contributed by atoms with van der Waals surface area (Å²) in [6.07, 6.45) is 6.37. The number of rotatable bonds is 10. The molecule has 0 saturated heterocycles. The van der Waals surface area contributed by atoms with Gasteiger partial charge in [0.1, 0.15) is 5.75 Å². The quantitative estimate of drug-likeness (QED) is 0.463. The van der Waals surface area contributed by atoms with E-state index in [1.165, 1.54) is 57.1 Å². The smallest absolute Gasteiger partial charge is 0.406 e. The third-order valence-corrected chi connectivity index (χ3v) is 3.48. The van der Waals surface area contributed by atoms with Gasteiger partial charge in [-0.2, -0.15) is 0 Å². The SMILES string of the molecule is CCCCCCCCCCc1ccc(OC(F)(F)F)cc1. The predicted molar refractivity (Wildman–Crippen MR) is 79.4 cm³/mol. The van der Waals surface area contributed by atoms with Gasteiger partial charge >= 0.3 is 6.36 Å². The molecule has 0 aliphatic carbocycles. The summed E-state index contributed by atoms with van der Waals surface area (Å²) in [7, 11) is 0. The third kappa shape index (κ3) is 9.38. The van der Waals surface area contributed by atoms with E-state index in [-0.39, 0.29) is 5.75 Å². The average molecular weight is 302 g/mol. The second-order valence-corrected chi connectivity index (χ2v) is 5.42. The van der Waals surface area contributed by atoms with Crippen LogP contribution in [0.1, 0.15) is 63.9 Å². The van der Waals surface area contributed by atoms with E-state index in [0.717, 1.165) is 18.4 Å². The molecule has 0 unspecified atom stereocenters. The van der Waals surface area contributed by atoms with Crippen LogP contribution in [0.25, 0.3) is 0 Å². The average Bonchev–Trinajstić information content (AvgIpc) is 2.42. The molecule has 1 aromatic rings. The fourth-order valence-electron chi connectivity index (χ4n) is 2.32. The van der Waals surface area contributed by atoms with Crippen LogP contribution in [-0.2, 0) is 6.42 Å². The Morgan fingerprint density at radius 3 is 1.86 bits per heavy atom. The molecular weight excluding hydrogens is 277 g/mol. The fraction of sp³-hybridized carbons (Fsp3) is 0.647. The Morgan fingerprint density at radius 1 is 0.810 bits per heavy atom. The number of benzene rings is 1. The molecule has 1 aromatic carbocycles. The van der Waals surface area contributed by atoms with Crippen LogP contribution in [0.4, 0.5) is 13.2 Å². The van der Waals surface area contributed by atoms with E-state index >= 15 is 0 Å². The summed E-state index contributed by atoms with van der Waals surface area (Å²) in [6.45, 7) is 2.21. The Labute approximate surface area is 125 Å². The molecule has 0 aliphatic rings. The summed E-state index contributed by atoms with van der Waals surface area (Å²) in [6, 6.07) is 6.19. The summed E-state index contributed by atoms with van der Waals surface area (Å²) in [5, 5.41) is 0. The lowest BCUT2D eigenvalue weighted by Crippen LogP contribution is -2.17. The van der Waals surface area contributed by atoms with Crippen molar-refractivity contribution in [3.63, 3.8) is 0 Å². The molecule has 0 bridgehead atoms. The van der Waals surface area contributed by atoms with Crippen molar-refractivity contribution in [3.8, 4) is 5.75 Å². The molecule has 0 N–H and O–H groups in total. The number of unbranched alkanes of at least 4 members (excludes halogenated alkanes) is 7. The molecule has 1 rings (SSSR count). The maximum Gasteiger partial charge on any atom is 0.573 e. The zero-order valence-electron chi connectivity index (χ0n) is 12.7. The zero-order chi connectivity index (χ0) is 15.6. The Kier molecular flexibility index (Phi) is 8.24. The lowest BCUT2D eigenvalue weighted by molar-refractivity contribution is -0.274. The molecule has 0 amide bonds. The van der Waals surface area contributed by atoms with E-state index in [9.17, 15) is 13.2 Å². The van der Waals surface area contributed by atoms with E-state index in [1.54, 1.807) is 12.1 Å². The van der Waals surface area contributed by atoms with Crippen molar-refractivity contribution in [1.29, 1.82) is 0 Å². The summed E-state index contributed by atoms with van der Waals surface area (Å²) in [5.41, 5.74) is 1.07. The minimum Gasteiger partial charge on any atom is -0.406 e. The van der Waals surface area contributed by atoms with Crippen LogP contribution in [0.2, 0.25) is 0 Å². The van der Waals surface area contributed by atoms with E-state index < -0.39 is 6.36 Å². The highest BCUT2D eigenvalue weighted by Crippen LogP contribution is 2.23. The van der Waals surface area contributed by atoms with Crippen molar-refractivity contribution in [2.24, 2.45) is 0 Å². The molecule has 120 valence electrons. The molecule has 1 nitrogen and oxygen atoms in total. The molecule has 0 radical (unpaired) electrons. The van der Waals surface area contributed by atoms with Crippen molar-refractivity contribution >= 4 is 0 Å². The van der Waals surface area contributed by atoms with Gasteiger partial charge < -0.3 is 4.74 Å². The monoisotopic (exact) mass is 302 g/mol. The van der Waals surface area contributed by atoms with Crippen LogP contribution in [0.5, 0.6) is 5.75 Å². The molecule has 0 saturated carbocycles. The van der Waals surface area contributed by atoms with Crippen molar-refractivity contribution in [2.75, 3.05) is 0 Å². The van der Waals surface area contributed by atoms with Gasteiger partial charge in [-0.15, -0.1) is 13.2 Å². The number of alkyl halides is 3. The van der Waals surface area contributed by atoms with Crippen LogP contribution in [0.3, 0.4) is 0 Å². The molecule has 0 atom stereocenters. The molecule has 0 spiro atoms. The fourth-order valence-corrected chi connectivity index (χ4v) is 2.32. The first-order valence-electron chi connectivity index (χ1n) is 7.86. The normalized spacial score (nSPS) is 11.6. The summed E-state index contributed by atoms with van der Waals surface area (Å²) in [5.74, 6) is -0.151. The molecule has 21 heavy (non-hydrogen) atoms. The molecule has 0 aromatic heterocycles. The van der Waals surface area contributed by atoms with E-state index in [4.69, 9.17) is 0 Å². The molecule has 0 aliphatic heterocycles. The minimum absolute atomic E-state index is 0.151. The predicted octanol–water partition coefficient (Wildman–Crippen LogP) is 6.27. The van der Waals surface area contributed by atoms with Gasteiger partial charge in [0.2, 0.25) is 0 Å². The maximum atomic E-state index is 12.0. The van der Waals surface area contributed by atoms with E-state index in [0.29, 0.717) is 0 Å². The van der Waals surface area contributed by atoms with Crippen LogP contribution in [0, 0.1) is 0 Å². The third-order valence-electron chi connectivity index (χ3n) is 3.48. The highest BCUT2D eigenvalue weighted by Gasteiger charge is 2.30. The highest BCUT2D eigenvalue weighted by atomic mass is 19.4. The van der Waals surface area contributed by atoms with E-state index in [1.807, 2.05) is 0 Å². The van der Waals surface area contributed by atoms with E-state index in [2.05, 4.69) is 11.7 Å². The summed E-state index contributed by atoms with van der Waals surface area (Å²) in [4.78, 5) is 0. The summed E-state index contributed by atoms with van der Waals surface area (Å²) < 4.78 is 39.9. The second-order valence-electron chi connectivity index (χ2n) is 5.42. The summed E-state index contributed by atoms with van der Waals surface area (Å²) >= 11 is 0. The lowest BCUT2D eigenvalue weighted by Gasteiger charge is -2.09. The van der Waals surface area contributed by atoms with Gasteiger partial charge in [-0.05, 0) is 30.5 Å². The number of hydrogen-bond donors (Lipinski definition) is 0. The Balaban J connectivity index is 2.13. The second kappa shape index (κ2) is 9.69. The molecule has 4 heteroatoms. The minimum atomic E-state index is -4.61. The van der Waals surface area contributed by atoms with Crippen LogP contribution in [-0.4, -0.2) is 6.36 Å². The van der Waals surface area contributed by atoms with Crippen LogP contribution >= 0.6 is 0 Å². The van der Waals surface area contributed by atoms with Gasteiger partial charge in [0.05, 0.1) is 0 Å². The van der Waals surface area contributed by atoms with Crippen molar-refractivity contribution in [1.82, 2.24) is 0 Å². The van der Waals surface area contributed by atoms with Gasteiger partial charge in [0.15, 0.2) is 0 Å². The number of hydrogen-bond acceptors (Lipinski definition) is 1. The van der Waals surface area contributed by atoms with Crippen LogP contribution < -0.4 is 4.74 Å². The number of aryl methyl sites for hydroxylation is 1. The maximum absolute atomic E-state index is 12.0. The van der Waals surface area contributed by atoms with Gasteiger partial charge in [-0.25, -0.2) is 0 Å². The Bertz CT molecular complexity index is 371. The topological polar surface area (TPSA) is 9.23 Å². The van der Waals surface area contributed by atoms with Crippen LogP contribution in [0.15, 0.2) is 24.3 Å². The lowest BCUT2D eigenvalue weighted by atomic mass is 10.0. The highest BCUT2D eigenvalue weighted by molar-refractivity contribution is 5.27. The van der Waals surface area contributed by atoms with Crippen molar-refractivity contribution in [3.05, 3.63) is 29.8 Å². The standard InChI is InChI=1S/C17H25F3O/c1-2-3-4-5-6-7-8-9-10-15-11-13-16(14-12-15)21-17(18,19)20/h11-14H,2-10H2,1H3. The first kappa shape index (κ1) is 17.9. The first-order chi connectivity index (χ1) is 10.0. The van der Waals surface area contributed by atoms with Crippen molar-refractivity contribution in [2.45, 2.75) is 71.1 Å². The largest absolute Gasteiger partial charge is 0.573 e. The number of halogens is 3. The van der Waals surface area contributed by atoms with Gasteiger partial charge in [0.25, 0.3) is 0 Å². The molecular formula is C17H25F3O. The van der Waals surface area contributed by atoms with Crippen molar-refractivity contribution < 1.29 is 17.9 Å². The van der Waals surface area contributed by atoms with Gasteiger partial charge in [-0.1, -0.05) is 64.0 Å². The first-order valence-corrected chi connectivity index (χ1v) is 7.86. The molecule has 0 heterocycles. The number of ether oxygens (including phenoxy) is 1. The molecule has 0 fully saturated rings.